The van der Waals surface area contributed by atoms with Crippen molar-refractivity contribution in [2.24, 2.45) is 7.05 Å². The van der Waals surface area contributed by atoms with E-state index in [2.05, 4.69) is 29.2 Å². The average molecular weight is 292 g/mol. The van der Waals surface area contributed by atoms with E-state index in [9.17, 15) is 0 Å². The molecule has 2 aromatic heterocycles. The highest BCUT2D eigenvalue weighted by atomic mass is 32.1. The maximum Gasteiger partial charge on any atom is 0.101 e. The molecule has 2 atom stereocenters. The molecule has 1 fully saturated rings. The number of nitrogens with one attached hydrogen (secondary N) is 1. The lowest BCUT2D eigenvalue weighted by Crippen LogP contribution is -2.31. The van der Waals surface area contributed by atoms with Crippen molar-refractivity contribution < 1.29 is 4.74 Å². The third kappa shape index (κ3) is 2.51. The molecule has 2 aromatic rings. The molecule has 5 nitrogen and oxygen atoms in total. The Hall–Kier alpha value is -1.24. The lowest BCUT2D eigenvalue weighted by molar-refractivity contribution is 0.0974. The van der Waals surface area contributed by atoms with Gasteiger partial charge in [0.1, 0.15) is 6.10 Å². The summed E-state index contributed by atoms with van der Waals surface area (Å²) < 4.78 is 7.91. The van der Waals surface area contributed by atoms with Crippen LogP contribution in [0, 0.1) is 13.8 Å². The van der Waals surface area contributed by atoms with Gasteiger partial charge in [0.05, 0.1) is 11.2 Å². The number of aromatic nitrogens is 3. The van der Waals surface area contributed by atoms with Crippen LogP contribution in [0.3, 0.4) is 0 Å². The van der Waals surface area contributed by atoms with Gasteiger partial charge in [-0.2, -0.15) is 5.10 Å². The van der Waals surface area contributed by atoms with E-state index in [-0.39, 0.29) is 6.10 Å². The average Bonchev–Trinajstić information content (AvgIpc) is 3.10. The van der Waals surface area contributed by atoms with E-state index in [1.54, 1.807) is 11.3 Å². The van der Waals surface area contributed by atoms with Crippen LogP contribution >= 0.6 is 11.3 Å². The second-order valence-electron chi connectivity index (χ2n) is 5.24. The molecule has 1 saturated heterocycles. The molecule has 1 N–H and O–H groups in total. The fourth-order valence-corrected chi connectivity index (χ4v) is 3.39. The lowest BCUT2D eigenvalue weighted by Gasteiger charge is -2.20. The molecule has 0 amide bonds. The third-order valence-electron chi connectivity index (χ3n) is 3.96. The molecular formula is C14H20N4OS. The summed E-state index contributed by atoms with van der Waals surface area (Å²) in [4.78, 5) is 5.37. The molecule has 1 aliphatic rings. The van der Waals surface area contributed by atoms with Gasteiger partial charge < -0.3 is 10.1 Å². The van der Waals surface area contributed by atoms with Crippen LogP contribution in [-0.2, 0) is 18.3 Å². The van der Waals surface area contributed by atoms with Gasteiger partial charge in [-0.3, -0.25) is 9.67 Å². The van der Waals surface area contributed by atoms with Crippen molar-refractivity contribution >= 4 is 11.3 Å². The second kappa shape index (κ2) is 5.63. The van der Waals surface area contributed by atoms with Crippen molar-refractivity contribution in [3.05, 3.63) is 33.5 Å². The van der Waals surface area contributed by atoms with Gasteiger partial charge in [0, 0.05) is 48.6 Å². The van der Waals surface area contributed by atoms with E-state index in [4.69, 9.17) is 4.74 Å². The van der Waals surface area contributed by atoms with Crippen molar-refractivity contribution in [3.63, 3.8) is 0 Å². The lowest BCUT2D eigenvalue weighted by atomic mass is 10.0. The van der Waals surface area contributed by atoms with Crippen LogP contribution in [0.25, 0.3) is 0 Å². The van der Waals surface area contributed by atoms with Crippen molar-refractivity contribution in [1.82, 2.24) is 20.1 Å². The van der Waals surface area contributed by atoms with Crippen LogP contribution in [0.5, 0.6) is 0 Å². The minimum Gasteiger partial charge on any atom is -0.372 e. The zero-order chi connectivity index (χ0) is 14.1. The van der Waals surface area contributed by atoms with E-state index in [0.29, 0.717) is 6.04 Å². The summed E-state index contributed by atoms with van der Waals surface area (Å²) in [7, 11) is 1.99. The summed E-state index contributed by atoms with van der Waals surface area (Å²) in [6.45, 7) is 5.83. The predicted molar refractivity (Wildman–Crippen MR) is 78.7 cm³/mol. The molecular weight excluding hydrogens is 272 g/mol. The summed E-state index contributed by atoms with van der Waals surface area (Å²) >= 11 is 1.68. The van der Waals surface area contributed by atoms with Gasteiger partial charge in [-0.25, -0.2) is 0 Å². The first-order valence-electron chi connectivity index (χ1n) is 6.89. The molecule has 0 aliphatic carbocycles. The fraction of sp³-hybridized carbons (Fsp3) is 0.571. The van der Waals surface area contributed by atoms with Gasteiger partial charge in [-0.1, -0.05) is 0 Å². The summed E-state index contributed by atoms with van der Waals surface area (Å²) in [5.74, 6) is 0. The Balaban J connectivity index is 1.75. The maximum absolute atomic E-state index is 5.97. The molecule has 0 unspecified atom stereocenters. The molecule has 1 aliphatic heterocycles. The highest BCUT2D eigenvalue weighted by Gasteiger charge is 2.33. The Bertz CT molecular complexity index is 578. The second-order valence-corrected chi connectivity index (χ2v) is 6.21. The Kier molecular flexibility index (Phi) is 3.87. The predicted octanol–water partition coefficient (Wildman–Crippen LogP) is 2.11. The minimum absolute atomic E-state index is 0.108. The highest BCUT2D eigenvalue weighted by Crippen LogP contribution is 2.33. The number of nitrogens with zero attached hydrogens (tertiary/aromatic N) is 3. The van der Waals surface area contributed by atoms with E-state index in [0.717, 1.165) is 25.3 Å². The Morgan fingerprint density at radius 3 is 3.00 bits per heavy atom. The molecule has 0 aromatic carbocycles. The number of thiazole rings is 1. The molecule has 3 heterocycles. The largest absolute Gasteiger partial charge is 0.372 e. The van der Waals surface area contributed by atoms with Gasteiger partial charge in [-0.05, 0) is 20.3 Å². The monoisotopic (exact) mass is 292 g/mol. The van der Waals surface area contributed by atoms with E-state index in [1.807, 2.05) is 23.4 Å². The SMILES string of the molecule is Cc1nn(C)c(C)c1[C@H]1OCC[C@@H]1NCc1cncs1. The molecule has 20 heavy (non-hydrogen) atoms. The zero-order valence-corrected chi connectivity index (χ0v) is 12.9. The zero-order valence-electron chi connectivity index (χ0n) is 12.1. The van der Waals surface area contributed by atoms with Crippen molar-refractivity contribution in [3.8, 4) is 0 Å². The summed E-state index contributed by atoms with van der Waals surface area (Å²) in [6, 6.07) is 0.346. The van der Waals surface area contributed by atoms with Gasteiger partial charge >= 0.3 is 0 Å². The number of hydrogen-bond acceptors (Lipinski definition) is 5. The number of aryl methyl sites for hydroxylation is 2. The topological polar surface area (TPSA) is 52.0 Å². The number of ether oxygens (including phenoxy) is 1. The van der Waals surface area contributed by atoms with Gasteiger partial charge in [0.25, 0.3) is 0 Å². The first-order chi connectivity index (χ1) is 9.66. The quantitative estimate of drug-likeness (QED) is 0.938. The van der Waals surface area contributed by atoms with Crippen molar-refractivity contribution in [2.45, 2.75) is 39.0 Å². The third-order valence-corrected chi connectivity index (χ3v) is 4.74. The first kappa shape index (κ1) is 13.7. The highest BCUT2D eigenvalue weighted by molar-refractivity contribution is 7.09. The summed E-state index contributed by atoms with van der Waals surface area (Å²) in [5, 5.41) is 8.11. The van der Waals surface area contributed by atoms with Crippen LogP contribution in [0.15, 0.2) is 11.7 Å². The molecule has 3 rings (SSSR count). The van der Waals surface area contributed by atoms with Crippen molar-refractivity contribution in [1.29, 1.82) is 0 Å². The maximum atomic E-state index is 5.97. The van der Waals surface area contributed by atoms with Gasteiger partial charge in [-0.15, -0.1) is 11.3 Å². The first-order valence-corrected chi connectivity index (χ1v) is 7.77. The minimum atomic E-state index is 0.108. The Morgan fingerprint density at radius 1 is 1.50 bits per heavy atom. The van der Waals surface area contributed by atoms with Crippen LogP contribution in [0.4, 0.5) is 0 Å². The van der Waals surface area contributed by atoms with E-state index < -0.39 is 0 Å². The molecule has 0 bridgehead atoms. The van der Waals surface area contributed by atoms with Crippen LogP contribution in [0.2, 0.25) is 0 Å². The summed E-state index contributed by atoms with van der Waals surface area (Å²) in [5.41, 5.74) is 5.38. The number of hydrogen-bond donors (Lipinski definition) is 1. The fourth-order valence-electron chi connectivity index (χ4n) is 2.85. The molecule has 0 saturated carbocycles. The smallest absolute Gasteiger partial charge is 0.101 e. The Morgan fingerprint density at radius 2 is 2.35 bits per heavy atom. The van der Waals surface area contributed by atoms with Gasteiger partial charge in [0.15, 0.2) is 0 Å². The van der Waals surface area contributed by atoms with E-state index in [1.165, 1.54) is 16.1 Å². The van der Waals surface area contributed by atoms with Crippen LogP contribution < -0.4 is 5.32 Å². The molecule has 6 heteroatoms. The van der Waals surface area contributed by atoms with Gasteiger partial charge in [0.2, 0.25) is 0 Å². The molecule has 0 radical (unpaired) electrons. The van der Waals surface area contributed by atoms with Crippen LogP contribution in [-0.4, -0.2) is 27.4 Å². The van der Waals surface area contributed by atoms with Crippen LogP contribution in [0.1, 0.15) is 34.4 Å². The Labute approximate surface area is 123 Å². The molecule has 0 spiro atoms. The standard InChI is InChI=1S/C14H20N4OS/c1-9-13(10(2)18(3)17-9)14-12(4-5-19-14)16-7-11-6-15-8-20-11/h6,8,12,14,16H,4-5,7H2,1-3H3/t12-,14-/m0/s1. The van der Waals surface area contributed by atoms with E-state index >= 15 is 0 Å². The number of rotatable bonds is 4. The molecule has 108 valence electrons. The van der Waals surface area contributed by atoms with Crippen molar-refractivity contribution in [2.75, 3.05) is 6.61 Å². The normalized spacial score (nSPS) is 22.6. The summed E-state index contributed by atoms with van der Waals surface area (Å²) in [6.07, 6.45) is 3.07.